The van der Waals surface area contributed by atoms with Crippen LogP contribution in [0.5, 0.6) is 5.75 Å². The molecule has 0 amide bonds. The number of phenols is 1. The summed E-state index contributed by atoms with van der Waals surface area (Å²) in [6.45, 7) is 2.97. The smallest absolute Gasteiger partial charge is 0.120 e. The maximum absolute atomic E-state index is 9.76. The minimum atomic E-state index is 0.162. The van der Waals surface area contributed by atoms with E-state index < -0.39 is 0 Å². The predicted octanol–water partition coefficient (Wildman–Crippen LogP) is 4.11. The fourth-order valence-corrected chi connectivity index (χ4v) is 3.34. The number of thiophene rings is 1. The number of aromatic hydroxyl groups is 1. The molecule has 0 bridgehead atoms. The van der Waals surface area contributed by atoms with Gasteiger partial charge in [-0.05, 0) is 47.5 Å². The van der Waals surface area contributed by atoms with Crippen LogP contribution in [-0.2, 0) is 6.42 Å². The van der Waals surface area contributed by atoms with Crippen molar-refractivity contribution in [2.24, 2.45) is 0 Å². The highest BCUT2D eigenvalue weighted by molar-refractivity contribution is 9.11. The second-order valence-electron chi connectivity index (χ2n) is 4.19. The minimum absolute atomic E-state index is 0.162. The monoisotopic (exact) mass is 325 g/mol. The summed E-state index contributed by atoms with van der Waals surface area (Å²) in [6.07, 6.45) is 1.01. The van der Waals surface area contributed by atoms with E-state index in [1.54, 1.807) is 17.4 Å². The van der Waals surface area contributed by atoms with Crippen molar-refractivity contribution in [2.45, 2.75) is 19.4 Å². The van der Waals surface area contributed by atoms with Crippen LogP contribution in [0.3, 0.4) is 0 Å². The van der Waals surface area contributed by atoms with Crippen LogP contribution in [0.15, 0.2) is 40.2 Å². The molecular formula is C14H16BrNOS. The second kappa shape index (κ2) is 6.36. The highest BCUT2D eigenvalue weighted by Crippen LogP contribution is 2.24. The van der Waals surface area contributed by atoms with Crippen molar-refractivity contribution in [1.82, 2.24) is 5.32 Å². The van der Waals surface area contributed by atoms with E-state index in [1.165, 1.54) is 8.66 Å². The summed E-state index contributed by atoms with van der Waals surface area (Å²) < 4.78 is 1.17. The molecule has 0 saturated heterocycles. The minimum Gasteiger partial charge on any atom is -0.508 e. The first-order valence-electron chi connectivity index (χ1n) is 5.92. The van der Waals surface area contributed by atoms with E-state index in [4.69, 9.17) is 0 Å². The van der Waals surface area contributed by atoms with Crippen molar-refractivity contribution < 1.29 is 5.11 Å². The molecule has 0 radical (unpaired) electrons. The van der Waals surface area contributed by atoms with Gasteiger partial charge in [-0.1, -0.05) is 18.2 Å². The summed E-state index contributed by atoms with van der Waals surface area (Å²) in [6, 6.07) is 11.8. The molecule has 0 aliphatic heterocycles. The molecule has 0 saturated carbocycles. The van der Waals surface area contributed by atoms with Gasteiger partial charge in [0.2, 0.25) is 0 Å². The molecule has 0 spiro atoms. The molecule has 1 unspecified atom stereocenters. The molecule has 1 atom stereocenters. The van der Waals surface area contributed by atoms with E-state index in [9.17, 15) is 5.11 Å². The molecule has 1 aromatic heterocycles. The van der Waals surface area contributed by atoms with E-state index in [0.29, 0.717) is 5.75 Å². The van der Waals surface area contributed by atoms with Crippen molar-refractivity contribution in [1.29, 1.82) is 0 Å². The standard InChI is InChI=1S/C14H16BrNOS/c1-10(12-4-2-3-5-13(12)17)16-9-8-11-6-7-14(15)18-11/h2-7,10,16-17H,8-9H2,1H3. The van der Waals surface area contributed by atoms with Crippen molar-refractivity contribution in [3.05, 3.63) is 50.6 Å². The SMILES string of the molecule is CC(NCCc1ccc(Br)s1)c1ccccc1O. The number of halogens is 1. The Bertz CT molecular complexity index is 512. The molecule has 0 fully saturated rings. The van der Waals surface area contributed by atoms with Crippen LogP contribution in [0.2, 0.25) is 0 Å². The largest absolute Gasteiger partial charge is 0.508 e. The van der Waals surface area contributed by atoms with Gasteiger partial charge in [0, 0.05) is 23.0 Å². The van der Waals surface area contributed by atoms with Gasteiger partial charge in [0.15, 0.2) is 0 Å². The molecule has 1 heterocycles. The Morgan fingerprint density at radius 2 is 2.06 bits per heavy atom. The van der Waals surface area contributed by atoms with Gasteiger partial charge in [0.1, 0.15) is 5.75 Å². The van der Waals surface area contributed by atoms with E-state index in [-0.39, 0.29) is 6.04 Å². The fraction of sp³-hybridized carbons (Fsp3) is 0.286. The Kier molecular flexibility index (Phi) is 4.80. The number of nitrogens with one attached hydrogen (secondary N) is 1. The van der Waals surface area contributed by atoms with Crippen molar-refractivity contribution >= 4 is 27.3 Å². The molecule has 0 aliphatic rings. The molecule has 2 rings (SSSR count). The summed E-state index contributed by atoms with van der Waals surface area (Å²) >= 11 is 5.23. The lowest BCUT2D eigenvalue weighted by Crippen LogP contribution is -2.21. The van der Waals surface area contributed by atoms with E-state index in [0.717, 1.165) is 18.5 Å². The zero-order chi connectivity index (χ0) is 13.0. The van der Waals surface area contributed by atoms with E-state index in [1.807, 2.05) is 18.2 Å². The maximum Gasteiger partial charge on any atom is 0.120 e. The Labute approximate surface area is 120 Å². The van der Waals surface area contributed by atoms with Crippen LogP contribution in [0, 0.1) is 0 Å². The molecule has 96 valence electrons. The first kappa shape index (κ1) is 13.6. The van der Waals surface area contributed by atoms with Crippen molar-refractivity contribution in [2.75, 3.05) is 6.54 Å². The van der Waals surface area contributed by atoms with Gasteiger partial charge in [-0.25, -0.2) is 0 Å². The first-order valence-corrected chi connectivity index (χ1v) is 7.53. The Balaban J connectivity index is 1.85. The summed E-state index contributed by atoms with van der Waals surface area (Å²) in [4.78, 5) is 1.36. The topological polar surface area (TPSA) is 32.3 Å². The zero-order valence-corrected chi connectivity index (χ0v) is 12.6. The molecule has 2 N–H and O–H groups in total. The average molecular weight is 326 g/mol. The zero-order valence-electron chi connectivity index (χ0n) is 10.2. The van der Waals surface area contributed by atoms with Crippen LogP contribution >= 0.6 is 27.3 Å². The van der Waals surface area contributed by atoms with Gasteiger partial charge in [-0.2, -0.15) is 0 Å². The van der Waals surface area contributed by atoms with Gasteiger partial charge < -0.3 is 10.4 Å². The number of hydrogen-bond donors (Lipinski definition) is 2. The third-order valence-electron chi connectivity index (χ3n) is 2.85. The Hall–Kier alpha value is -0.840. The van der Waals surface area contributed by atoms with Gasteiger partial charge in [0.05, 0.1) is 3.79 Å². The van der Waals surface area contributed by atoms with Gasteiger partial charge in [-0.3, -0.25) is 0 Å². The highest BCUT2D eigenvalue weighted by Gasteiger charge is 2.08. The fourth-order valence-electron chi connectivity index (χ4n) is 1.86. The van der Waals surface area contributed by atoms with Crippen LogP contribution in [0.25, 0.3) is 0 Å². The van der Waals surface area contributed by atoms with Crippen LogP contribution in [0.1, 0.15) is 23.4 Å². The molecule has 1 aromatic carbocycles. The molecule has 18 heavy (non-hydrogen) atoms. The molecule has 0 aliphatic carbocycles. The quantitative estimate of drug-likeness (QED) is 0.867. The lowest BCUT2D eigenvalue weighted by Gasteiger charge is -2.15. The van der Waals surface area contributed by atoms with Gasteiger partial charge >= 0.3 is 0 Å². The van der Waals surface area contributed by atoms with E-state index in [2.05, 4.69) is 40.3 Å². The molecular weight excluding hydrogens is 310 g/mol. The van der Waals surface area contributed by atoms with Crippen molar-refractivity contribution in [3.8, 4) is 5.75 Å². The normalized spacial score (nSPS) is 12.6. The lowest BCUT2D eigenvalue weighted by atomic mass is 10.1. The maximum atomic E-state index is 9.76. The summed E-state index contributed by atoms with van der Waals surface area (Å²) in [5.41, 5.74) is 0.949. The van der Waals surface area contributed by atoms with Gasteiger partial charge in [0.25, 0.3) is 0 Å². The van der Waals surface area contributed by atoms with Crippen LogP contribution in [0.4, 0.5) is 0 Å². The Morgan fingerprint density at radius 3 is 2.72 bits per heavy atom. The summed E-state index contributed by atoms with van der Waals surface area (Å²) in [5, 5.41) is 13.2. The average Bonchev–Trinajstić information content (AvgIpc) is 2.75. The van der Waals surface area contributed by atoms with Crippen LogP contribution < -0.4 is 5.32 Å². The van der Waals surface area contributed by atoms with Gasteiger partial charge in [-0.15, -0.1) is 11.3 Å². The Morgan fingerprint density at radius 1 is 1.28 bits per heavy atom. The number of phenolic OH excluding ortho intramolecular Hbond substituents is 1. The second-order valence-corrected chi connectivity index (χ2v) is 6.74. The highest BCUT2D eigenvalue weighted by atomic mass is 79.9. The summed E-state index contributed by atoms with van der Waals surface area (Å²) in [7, 11) is 0. The van der Waals surface area contributed by atoms with Crippen molar-refractivity contribution in [3.63, 3.8) is 0 Å². The molecule has 2 aromatic rings. The van der Waals surface area contributed by atoms with E-state index >= 15 is 0 Å². The first-order chi connectivity index (χ1) is 8.66. The molecule has 2 nitrogen and oxygen atoms in total. The number of rotatable bonds is 5. The summed E-state index contributed by atoms with van der Waals surface area (Å²) in [5.74, 6) is 0.358. The van der Waals surface area contributed by atoms with Crippen LogP contribution in [-0.4, -0.2) is 11.7 Å². The predicted molar refractivity (Wildman–Crippen MR) is 80.2 cm³/mol. The number of benzene rings is 1. The lowest BCUT2D eigenvalue weighted by molar-refractivity contribution is 0.453. The third-order valence-corrected chi connectivity index (χ3v) is 4.54. The molecule has 4 heteroatoms. The third kappa shape index (κ3) is 3.57. The number of para-hydroxylation sites is 1. The number of hydrogen-bond acceptors (Lipinski definition) is 3.